The number of carboxylic acid groups (broad SMARTS) is 1. The minimum Gasteiger partial charge on any atom is -0.545 e. The van der Waals surface area contributed by atoms with Gasteiger partial charge in [0, 0.05) is 11.6 Å². The Morgan fingerprint density at radius 1 is 1.11 bits per heavy atom. The van der Waals surface area contributed by atoms with Crippen molar-refractivity contribution < 1.29 is 19.5 Å². The van der Waals surface area contributed by atoms with Gasteiger partial charge in [-0.15, -0.1) is 0 Å². The first-order valence-corrected chi connectivity index (χ1v) is 5.05. The van der Waals surface area contributed by atoms with Gasteiger partial charge in [-0.3, -0.25) is 20.4 Å². The third-order valence-corrected chi connectivity index (χ3v) is 2.06. The third-order valence-electron chi connectivity index (χ3n) is 2.06. The van der Waals surface area contributed by atoms with Crippen LogP contribution in [0.15, 0.2) is 36.4 Å². The Balaban J connectivity index is 2.55. The van der Waals surface area contributed by atoms with Crippen LogP contribution in [0.3, 0.4) is 0 Å². The molecule has 18 heavy (non-hydrogen) atoms. The zero-order valence-electron chi connectivity index (χ0n) is 9.60. The van der Waals surface area contributed by atoms with E-state index < -0.39 is 17.8 Å². The minimum atomic E-state index is -1.49. The van der Waals surface area contributed by atoms with Crippen LogP contribution in [0.25, 0.3) is 0 Å². The average molecular weight is 247 g/mol. The fourth-order valence-corrected chi connectivity index (χ4v) is 1.20. The van der Waals surface area contributed by atoms with Crippen LogP contribution in [0.5, 0.6) is 0 Å². The number of hydrazine groups is 1. The molecule has 1 aromatic carbocycles. The summed E-state index contributed by atoms with van der Waals surface area (Å²) < 4.78 is 0. The molecule has 0 aliphatic carbocycles. The predicted octanol–water partition coefficient (Wildman–Crippen LogP) is -0.938. The first kappa shape index (κ1) is 13.4. The number of hydrogen-bond acceptors (Lipinski definition) is 4. The molecule has 0 aliphatic heterocycles. The van der Waals surface area contributed by atoms with E-state index >= 15 is 0 Å². The summed E-state index contributed by atoms with van der Waals surface area (Å²) >= 11 is 0. The number of hydrogen-bond donors (Lipinski definition) is 2. The van der Waals surface area contributed by atoms with E-state index in [0.717, 1.165) is 11.6 Å². The Bertz CT molecular complexity index is 509. The van der Waals surface area contributed by atoms with E-state index in [-0.39, 0.29) is 0 Å². The molecule has 94 valence electrons. The molecular weight excluding hydrogens is 236 g/mol. The van der Waals surface area contributed by atoms with Crippen LogP contribution in [-0.2, 0) is 9.59 Å². The summed E-state index contributed by atoms with van der Waals surface area (Å²) in [6, 6.07) is 6.84. The van der Waals surface area contributed by atoms with Gasteiger partial charge < -0.3 is 9.90 Å². The zero-order chi connectivity index (χ0) is 13.5. The van der Waals surface area contributed by atoms with Gasteiger partial charge in [-0.25, -0.2) is 0 Å². The van der Waals surface area contributed by atoms with Gasteiger partial charge in [0.25, 0.3) is 11.8 Å². The summed E-state index contributed by atoms with van der Waals surface area (Å²) in [5.74, 6) is -2.74. The number of nitrogens with one attached hydrogen (secondary N) is 2. The number of amides is 2. The van der Waals surface area contributed by atoms with E-state index in [4.69, 9.17) is 0 Å². The Kier molecular flexibility index (Phi) is 4.62. The molecule has 0 radical (unpaired) electrons. The number of carbonyl (C=O) groups is 3. The second kappa shape index (κ2) is 6.19. The molecule has 1 rings (SSSR count). The largest absolute Gasteiger partial charge is 0.545 e. The van der Waals surface area contributed by atoms with Gasteiger partial charge in [-0.1, -0.05) is 18.2 Å². The van der Waals surface area contributed by atoms with Gasteiger partial charge in [0.15, 0.2) is 0 Å². The van der Waals surface area contributed by atoms with Crippen molar-refractivity contribution in [2.75, 3.05) is 0 Å². The van der Waals surface area contributed by atoms with Gasteiger partial charge in [0.05, 0.1) is 5.97 Å². The highest BCUT2D eigenvalue weighted by molar-refractivity contribution is 5.98. The number of rotatable bonds is 3. The van der Waals surface area contributed by atoms with Crippen molar-refractivity contribution in [3.8, 4) is 0 Å². The number of carboxylic acids is 1. The van der Waals surface area contributed by atoms with E-state index in [1.807, 2.05) is 5.43 Å². The summed E-state index contributed by atoms with van der Waals surface area (Å²) in [7, 11) is 0. The van der Waals surface area contributed by atoms with Crippen molar-refractivity contribution >= 4 is 17.8 Å². The topological polar surface area (TPSA) is 98.3 Å². The SMILES string of the molecule is Cc1ccccc1C(=O)NNC(=O)/C=C\C(=O)[O-]. The van der Waals surface area contributed by atoms with E-state index in [0.29, 0.717) is 11.6 Å². The van der Waals surface area contributed by atoms with Crippen LogP contribution in [0.1, 0.15) is 15.9 Å². The summed E-state index contributed by atoms with van der Waals surface area (Å²) in [6.45, 7) is 1.76. The van der Waals surface area contributed by atoms with E-state index in [1.165, 1.54) is 0 Å². The first-order chi connectivity index (χ1) is 8.50. The second-order valence-electron chi connectivity index (χ2n) is 3.41. The molecule has 2 amide bonds. The summed E-state index contributed by atoms with van der Waals surface area (Å²) in [4.78, 5) is 32.7. The Morgan fingerprint density at radius 3 is 2.39 bits per heavy atom. The average Bonchev–Trinajstić information content (AvgIpc) is 2.34. The molecule has 6 heteroatoms. The van der Waals surface area contributed by atoms with E-state index in [2.05, 4.69) is 5.43 Å². The monoisotopic (exact) mass is 247 g/mol. The van der Waals surface area contributed by atoms with Crippen LogP contribution in [-0.4, -0.2) is 17.8 Å². The van der Waals surface area contributed by atoms with Gasteiger partial charge in [0.1, 0.15) is 0 Å². The van der Waals surface area contributed by atoms with Crippen molar-refractivity contribution in [1.29, 1.82) is 0 Å². The van der Waals surface area contributed by atoms with Gasteiger partial charge in [-0.2, -0.15) is 0 Å². The molecule has 0 atom stereocenters. The standard InChI is InChI=1S/C12H12N2O4/c1-8-4-2-3-5-9(8)12(18)14-13-10(15)6-7-11(16)17/h2-7H,1H3,(H,13,15)(H,14,18)(H,16,17)/p-1/b7-6-. The molecule has 0 saturated heterocycles. The van der Waals surface area contributed by atoms with Crippen molar-refractivity contribution in [1.82, 2.24) is 10.9 Å². The van der Waals surface area contributed by atoms with Crippen LogP contribution >= 0.6 is 0 Å². The number of aliphatic carboxylic acids is 1. The van der Waals surface area contributed by atoms with Gasteiger partial charge in [0.2, 0.25) is 0 Å². The van der Waals surface area contributed by atoms with Crippen LogP contribution < -0.4 is 16.0 Å². The van der Waals surface area contributed by atoms with Crippen LogP contribution in [0.4, 0.5) is 0 Å². The molecule has 0 saturated carbocycles. The highest BCUT2D eigenvalue weighted by atomic mass is 16.4. The second-order valence-corrected chi connectivity index (χ2v) is 3.41. The molecule has 0 aliphatic rings. The molecule has 6 nitrogen and oxygen atoms in total. The summed E-state index contributed by atoms with van der Waals surface area (Å²) in [5.41, 5.74) is 5.38. The van der Waals surface area contributed by atoms with Crippen LogP contribution in [0.2, 0.25) is 0 Å². The maximum atomic E-state index is 11.6. The summed E-state index contributed by atoms with van der Waals surface area (Å²) in [5, 5.41) is 10.0. The molecule has 0 aromatic heterocycles. The minimum absolute atomic E-state index is 0.418. The lowest BCUT2D eigenvalue weighted by Gasteiger charge is -2.07. The molecule has 2 N–H and O–H groups in total. The molecular formula is C12H11N2O4-. The van der Waals surface area contributed by atoms with E-state index in [9.17, 15) is 19.5 Å². The molecule has 0 heterocycles. The Labute approximate surface area is 103 Å². The molecule has 0 bridgehead atoms. The lowest BCUT2D eigenvalue weighted by molar-refractivity contribution is -0.297. The Hall–Kier alpha value is -2.63. The smallest absolute Gasteiger partial charge is 0.269 e. The fraction of sp³-hybridized carbons (Fsp3) is 0.0833. The predicted molar refractivity (Wildman–Crippen MR) is 60.9 cm³/mol. The molecule has 0 spiro atoms. The van der Waals surface area contributed by atoms with E-state index in [1.54, 1.807) is 31.2 Å². The normalized spacial score (nSPS) is 10.1. The summed E-state index contributed by atoms with van der Waals surface area (Å²) in [6.07, 6.45) is 1.31. The molecule has 1 aromatic rings. The quantitative estimate of drug-likeness (QED) is 0.532. The zero-order valence-corrected chi connectivity index (χ0v) is 9.60. The van der Waals surface area contributed by atoms with Crippen molar-refractivity contribution in [2.45, 2.75) is 6.92 Å². The number of carbonyl (C=O) groups excluding carboxylic acids is 3. The van der Waals surface area contributed by atoms with Gasteiger partial charge in [-0.05, 0) is 24.6 Å². The number of benzene rings is 1. The lowest BCUT2D eigenvalue weighted by atomic mass is 10.1. The fourth-order valence-electron chi connectivity index (χ4n) is 1.20. The first-order valence-electron chi connectivity index (χ1n) is 5.05. The lowest BCUT2D eigenvalue weighted by Crippen LogP contribution is -2.41. The van der Waals surface area contributed by atoms with Crippen LogP contribution in [0, 0.1) is 6.92 Å². The van der Waals surface area contributed by atoms with Crippen molar-refractivity contribution in [3.05, 3.63) is 47.5 Å². The maximum absolute atomic E-state index is 11.6. The third kappa shape index (κ3) is 4.09. The molecule has 0 fully saturated rings. The Morgan fingerprint density at radius 2 is 1.78 bits per heavy atom. The number of aryl methyl sites for hydroxylation is 1. The highest BCUT2D eigenvalue weighted by Gasteiger charge is 2.07. The highest BCUT2D eigenvalue weighted by Crippen LogP contribution is 2.05. The van der Waals surface area contributed by atoms with Gasteiger partial charge >= 0.3 is 0 Å². The van der Waals surface area contributed by atoms with Crippen molar-refractivity contribution in [2.24, 2.45) is 0 Å². The van der Waals surface area contributed by atoms with Crippen molar-refractivity contribution in [3.63, 3.8) is 0 Å². The molecule has 0 unspecified atom stereocenters. The maximum Gasteiger partial charge on any atom is 0.269 e.